The predicted octanol–water partition coefficient (Wildman–Crippen LogP) is 2.64. The lowest BCUT2D eigenvalue weighted by atomic mass is 10.2. The van der Waals surface area contributed by atoms with Gasteiger partial charge in [0.2, 0.25) is 0 Å². The van der Waals surface area contributed by atoms with E-state index in [2.05, 4.69) is 6.07 Å². The highest BCUT2D eigenvalue weighted by atomic mass is 35.5. The summed E-state index contributed by atoms with van der Waals surface area (Å²) in [5, 5.41) is 1.65. The molecule has 0 N–H and O–H groups in total. The van der Waals surface area contributed by atoms with Gasteiger partial charge >= 0.3 is 0 Å². The summed E-state index contributed by atoms with van der Waals surface area (Å²) in [6.07, 6.45) is 1.88. The van der Waals surface area contributed by atoms with Crippen molar-refractivity contribution in [3.05, 3.63) is 29.4 Å². The summed E-state index contributed by atoms with van der Waals surface area (Å²) in [5.41, 5.74) is 1.06. The molecule has 1 aromatic heterocycles. The second kappa shape index (κ2) is 2.96. The molecule has 0 bridgehead atoms. The lowest BCUT2D eigenvalue weighted by Gasteiger charge is -2.03. The molecule has 0 saturated carbocycles. The predicted molar refractivity (Wildman–Crippen MR) is 53.3 cm³/mol. The molecule has 2 nitrogen and oxygen atoms in total. The first kappa shape index (κ1) is 8.45. The second-order valence-electron chi connectivity index (χ2n) is 2.89. The third-order valence-electron chi connectivity index (χ3n) is 2.06. The monoisotopic (exact) mass is 194 g/mol. The van der Waals surface area contributed by atoms with E-state index < -0.39 is 0 Å². The molecule has 3 heteroatoms. The molecule has 0 amide bonds. The van der Waals surface area contributed by atoms with E-state index in [1.807, 2.05) is 29.9 Å². The minimum absolute atomic E-state index is 0.630. The van der Waals surface area contributed by atoms with Gasteiger partial charge in [0.1, 0.15) is 5.75 Å². The molecular formula is C10H9ClNO. The first-order valence-corrected chi connectivity index (χ1v) is 4.30. The van der Waals surface area contributed by atoms with Gasteiger partial charge in [0.25, 0.3) is 0 Å². The van der Waals surface area contributed by atoms with Crippen LogP contribution in [0.25, 0.3) is 10.9 Å². The summed E-state index contributed by atoms with van der Waals surface area (Å²) in [6, 6.07) is 6.88. The summed E-state index contributed by atoms with van der Waals surface area (Å²) in [6.45, 7) is 0. The van der Waals surface area contributed by atoms with Gasteiger partial charge in [-0.25, -0.2) is 0 Å². The van der Waals surface area contributed by atoms with Crippen LogP contribution in [-0.2, 0) is 7.05 Å². The third-order valence-corrected chi connectivity index (χ3v) is 2.36. The number of hydrogen-bond donors (Lipinski definition) is 0. The Hall–Kier alpha value is -1.15. The fraction of sp³-hybridized carbons (Fsp3) is 0.200. The normalized spacial score (nSPS) is 10.7. The number of benzene rings is 1. The van der Waals surface area contributed by atoms with E-state index in [1.165, 1.54) is 0 Å². The molecule has 2 aromatic rings. The summed E-state index contributed by atoms with van der Waals surface area (Å²) in [7, 11) is 3.57. The summed E-state index contributed by atoms with van der Waals surface area (Å²) in [5.74, 6) is 0.691. The number of hydrogen-bond acceptors (Lipinski definition) is 1. The van der Waals surface area contributed by atoms with E-state index in [9.17, 15) is 0 Å². The van der Waals surface area contributed by atoms with Crippen LogP contribution in [0.4, 0.5) is 0 Å². The first-order chi connectivity index (χ1) is 6.22. The molecule has 0 aliphatic rings. The molecule has 0 aliphatic heterocycles. The molecule has 0 atom stereocenters. The van der Waals surface area contributed by atoms with E-state index >= 15 is 0 Å². The van der Waals surface area contributed by atoms with Crippen molar-refractivity contribution >= 4 is 22.5 Å². The molecule has 0 saturated heterocycles. The number of aromatic nitrogens is 1. The van der Waals surface area contributed by atoms with Crippen LogP contribution in [0, 0.1) is 6.07 Å². The van der Waals surface area contributed by atoms with Crippen molar-refractivity contribution in [1.82, 2.24) is 4.57 Å². The van der Waals surface area contributed by atoms with Crippen LogP contribution in [0.2, 0.25) is 5.02 Å². The van der Waals surface area contributed by atoms with Crippen LogP contribution in [0.15, 0.2) is 18.3 Å². The fourth-order valence-electron chi connectivity index (χ4n) is 1.34. The Morgan fingerprint density at radius 3 is 2.92 bits per heavy atom. The fourth-order valence-corrected chi connectivity index (χ4v) is 1.58. The van der Waals surface area contributed by atoms with E-state index in [-0.39, 0.29) is 0 Å². The van der Waals surface area contributed by atoms with Crippen LogP contribution >= 0.6 is 11.6 Å². The Morgan fingerprint density at radius 1 is 1.46 bits per heavy atom. The van der Waals surface area contributed by atoms with Gasteiger partial charge < -0.3 is 9.30 Å². The summed E-state index contributed by atoms with van der Waals surface area (Å²) in [4.78, 5) is 0. The van der Waals surface area contributed by atoms with Gasteiger partial charge in [0.15, 0.2) is 0 Å². The Morgan fingerprint density at radius 2 is 2.23 bits per heavy atom. The van der Waals surface area contributed by atoms with Crippen molar-refractivity contribution in [2.24, 2.45) is 7.05 Å². The van der Waals surface area contributed by atoms with E-state index in [0.717, 1.165) is 10.9 Å². The Bertz CT molecular complexity index is 447. The second-order valence-corrected chi connectivity index (χ2v) is 3.30. The minimum atomic E-state index is 0.630. The van der Waals surface area contributed by atoms with Crippen molar-refractivity contribution < 1.29 is 4.74 Å². The minimum Gasteiger partial charge on any atom is -0.495 e. The number of nitrogens with zero attached hydrogens (tertiary/aromatic N) is 1. The smallest absolute Gasteiger partial charge is 0.138 e. The zero-order valence-electron chi connectivity index (χ0n) is 7.47. The number of ether oxygens (including phenoxy) is 1. The van der Waals surface area contributed by atoms with Crippen LogP contribution in [0.5, 0.6) is 5.75 Å². The molecule has 1 heterocycles. The number of aryl methyl sites for hydroxylation is 1. The molecular weight excluding hydrogens is 186 g/mol. The summed E-state index contributed by atoms with van der Waals surface area (Å²) < 4.78 is 7.07. The van der Waals surface area contributed by atoms with Gasteiger partial charge in [0.05, 0.1) is 17.6 Å². The molecule has 0 fully saturated rings. The highest BCUT2D eigenvalue weighted by Crippen LogP contribution is 2.29. The molecule has 67 valence electrons. The van der Waals surface area contributed by atoms with E-state index in [1.54, 1.807) is 7.11 Å². The van der Waals surface area contributed by atoms with Gasteiger partial charge in [-0.3, -0.25) is 0 Å². The van der Waals surface area contributed by atoms with Crippen molar-refractivity contribution in [1.29, 1.82) is 0 Å². The van der Waals surface area contributed by atoms with Crippen molar-refractivity contribution in [2.45, 2.75) is 0 Å². The van der Waals surface area contributed by atoms with Gasteiger partial charge in [-0.1, -0.05) is 11.6 Å². The van der Waals surface area contributed by atoms with Gasteiger partial charge in [-0.05, 0) is 12.1 Å². The average Bonchev–Trinajstić information content (AvgIpc) is 2.47. The standard InChI is InChI=1S/C10H9ClNO/c1-12-4-3-7-5-10(13-2)8(11)6-9(7)12/h4-6H,1-2H3. The maximum Gasteiger partial charge on any atom is 0.138 e. The quantitative estimate of drug-likeness (QED) is 0.681. The lowest BCUT2D eigenvalue weighted by Crippen LogP contribution is -1.86. The maximum absolute atomic E-state index is 5.98. The van der Waals surface area contributed by atoms with E-state index in [4.69, 9.17) is 16.3 Å². The molecule has 0 unspecified atom stereocenters. The van der Waals surface area contributed by atoms with Crippen LogP contribution in [0.1, 0.15) is 0 Å². The van der Waals surface area contributed by atoms with E-state index in [0.29, 0.717) is 10.8 Å². The topological polar surface area (TPSA) is 14.2 Å². The van der Waals surface area contributed by atoms with Crippen LogP contribution in [-0.4, -0.2) is 11.7 Å². The highest BCUT2D eigenvalue weighted by Gasteiger charge is 2.05. The highest BCUT2D eigenvalue weighted by molar-refractivity contribution is 6.32. The molecule has 13 heavy (non-hydrogen) atoms. The van der Waals surface area contributed by atoms with Crippen molar-refractivity contribution in [3.63, 3.8) is 0 Å². The summed E-state index contributed by atoms with van der Waals surface area (Å²) >= 11 is 5.98. The SMILES string of the molecule is COc1cc2[c]cn(C)c2cc1Cl. The van der Waals surface area contributed by atoms with Crippen molar-refractivity contribution in [2.75, 3.05) is 7.11 Å². The number of halogens is 1. The van der Waals surface area contributed by atoms with Crippen molar-refractivity contribution in [3.8, 4) is 5.75 Å². The molecule has 1 aromatic carbocycles. The van der Waals surface area contributed by atoms with Gasteiger partial charge in [-0.2, -0.15) is 0 Å². The lowest BCUT2D eigenvalue weighted by molar-refractivity contribution is 0.415. The first-order valence-electron chi connectivity index (χ1n) is 3.92. The molecule has 1 radical (unpaired) electrons. The van der Waals surface area contributed by atoms with Gasteiger partial charge in [-0.15, -0.1) is 0 Å². The molecule has 0 aliphatic carbocycles. The van der Waals surface area contributed by atoms with Crippen LogP contribution in [0.3, 0.4) is 0 Å². The van der Waals surface area contributed by atoms with Gasteiger partial charge in [0, 0.05) is 24.7 Å². The maximum atomic E-state index is 5.98. The number of fused-ring (bicyclic) bond motifs is 1. The largest absolute Gasteiger partial charge is 0.495 e. The Balaban J connectivity index is 2.76. The third kappa shape index (κ3) is 1.27. The average molecular weight is 195 g/mol. The zero-order valence-corrected chi connectivity index (χ0v) is 8.22. The molecule has 0 spiro atoms. The zero-order chi connectivity index (χ0) is 9.42. The Labute approximate surface area is 81.7 Å². The van der Waals surface area contributed by atoms with Crippen LogP contribution < -0.4 is 4.74 Å². The number of methoxy groups -OCH3 is 1. The molecule has 2 rings (SSSR count). The Kier molecular flexibility index (Phi) is 1.93. The number of rotatable bonds is 1.